The Balaban J connectivity index is 1.55. The lowest BCUT2D eigenvalue weighted by atomic mass is 10.1. The highest BCUT2D eigenvalue weighted by Crippen LogP contribution is 2.23. The van der Waals surface area contributed by atoms with Gasteiger partial charge in [0.25, 0.3) is 0 Å². The molecule has 23 heavy (non-hydrogen) atoms. The van der Waals surface area contributed by atoms with Crippen molar-refractivity contribution < 1.29 is 4.79 Å². The van der Waals surface area contributed by atoms with E-state index in [4.69, 9.17) is 0 Å². The van der Waals surface area contributed by atoms with Crippen molar-refractivity contribution in [1.82, 2.24) is 25.4 Å². The maximum Gasteiger partial charge on any atom is 0.315 e. The van der Waals surface area contributed by atoms with Gasteiger partial charge in [0.15, 0.2) is 5.82 Å². The van der Waals surface area contributed by atoms with Gasteiger partial charge in [0.05, 0.1) is 6.04 Å². The number of aromatic nitrogens is 3. The van der Waals surface area contributed by atoms with E-state index in [9.17, 15) is 4.79 Å². The molecule has 0 aliphatic carbocycles. The van der Waals surface area contributed by atoms with E-state index >= 15 is 0 Å². The van der Waals surface area contributed by atoms with Crippen LogP contribution in [0.3, 0.4) is 0 Å². The molecule has 2 amide bonds. The Kier molecular flexibility index (Phi) is 4.95. The van der Waals surface area contributed by atoms with Crippen LogP contribution in [0, 0.1) is 0 Å². The summed E-state index contributed by atoms with van der Waals surface area (Å²) in [6, 6.07) is 3.96. The zero-order valence-electron chi connectivity index (χ0n) is 13.6. The molecule has 0 radical (unpaired) electrons. The second-order valence-corrected chi connectivity index (χ2v) is 6.91. The normalized spacial score (nSPS) is 18.3. The standard InChI is InChI=1S/C16H23N5OS/c1-3-14-19-15-12(6-4-8-21(15)20-14)18-16(22)17-10-11(2)13-7-5-9-23-13/h5,7,9,11-12H,3-4,6,8,10H2,1-2H3,(H2,17,18,22)/t11-,12-/m0/s1. The molecule has 1 aliphatic rings. The van der Waals surface area contributed by atoms with E-state index < -0.39 is 0 Å². The molecule has 0 saturated heterocycles. The summed E-state index contributed by atoms with van der Waals surface area (Å²) in [5.74, 6) is 2.05. The molecule has 124 valence electrons. The van der Waals surface area contributed by atoms with Crippen molar-refractivity contribution in [2.75, 3.05) is 6.54 Å². The third kappa shape index (κ3) is 3.72. The lowest BCUT2D eigenvalue weighted by molar-refractivity contribution is 0.232. The second-order valence-electron chi connectivity index (χ2n) is 5.93. The first kappa shape index (κ1) is 16.0. The van der Waals surface area contributed by atoms with Crippen molar-refractivity contribution in [3.63, 3.8) is 0 Å². The molecule has 2 aromatic rings. The highest BCUT2D eigenvalue weighted by Gasteiger charge is 2.25. The van der Waals surface area contributed by atoms with Gasteiger partial charge in [0, 0.05) is 30.3 Å². The van der Waals surface area contributed by atoms with Gasteiger partial charge in [-0.3, -0.25) is 0 Å². The van der Waals surface area contributed by atoms with E-state index in [0.29, 0.717) is 12.5 Å². The van der Waals surface area contributed by atoms with E-state index in [-0.39, 0.29) is 12.1 Å². The van der Waals surface area contributed by atoms with E-state index in [2.05, 4.69) is 39.1 Å². The van der Waals surface area contributed by atoms with E-state index in [0.717, 1.165) is 37.5 Å². The molecule has 0 fully saturated rings. The minimum Gasteiger partial charge on any atom is -0.338 e. The second kappa shape index (κ2) is 7.12. The molecule has 2 atom stereocenters. The van der Waals surface area contributed by atoms with E-state index in [1.165, 1.54) is 4.88 Å². The van der Waals surface area contributed by atoms with Gasteiger partial charge in [-0.1, -0.05) is 19.9 Å². The number of amides is 2. The molecule has 0 aromatic carbocycles. The van der Waals surface area contributed by atoms with Crippen LogP contribution in [0.25, 0.3) is 0 Å². The van der Waals surface area contributed by atoms with Gasteiger partial charge in [-0.15, -0.1) is 11.3 Å². The number of urea groups is 1. The number of nitrogens with one attached hydrogen (secondary N) is 2. The Morgan fingerprint density at radius 1 is 1.57 bits per heavy atom. The highest BCUT2D eigenvalue weighted by molar-refractivity contribution is 7.10. The van der Waals surface area contributed by atoms with Gasteiger partial charge >= 0.3 is 6.03 Å². The third-order valence-corrected chi connectivity index (χ3v) is 5.24. The Labute approximate surface area is 140 Å². The van der Waals surface area contributed by atoms with E-state index in [1.54, 1.807) is 11.3 Å². The van der Waals surface area contributed by atoms with Gasteiger partial charge in [-0.05, 0) is 24.3 Å². The molecule has 1 aliphatic heterocycles. The average molecular weight is 333 g/mol. The Morgan fingerprint density at radius 3 is 3.17 bits per heavy atom. The summed E-state index contributed by atoms with van der Waals surface area (Å²) in [5.41, 5.74) is 0. The molecule has 7 heteroatoms. The summed E-state index contributed by atoms with van der Waals surface area (Å²) in [5, 5.41) is 12.5. The number of carbonyl (C=O) groups is 1. The van der Waals surface area contributed by atoms with Crippen LogP contribution in [0.15, 0.2) is 17.5 Å². The van der Waals surface area contributed by atoms with Crippen molar-refractivity contribution in [1.29, 1.82) is 0 Å². The number of hydrogen-bond acceptors (Lipinski definition) is 4. The maximum atomic E-state index is 12.2. The van der Waals surface area contributed by atoms with Gasteiger partial charge in [0.1, 0.15) is 5.82 Å². The summed E-state index contributed by atoms with van der Waals surface area (Å²) >= 11 is 1.72. The predicted octanol–water partition coefficient (Wildman–Crippen LogP) is 2.84. The molecule has 0 bridgehead atoms. The highest BCUT2D eigenvalue weighted by atomic mass is 32.1. The minimum absolute atomic E-state index is 0.0476. The van der Waals surface area contributed by atoms with Crippen LogP contribution in [-0.2, 0) is 13.0 Å². The van der Waals surface area contributed by atoms with Gasteiger partial charge in [0.2, 0.25) is 0 Å². The van der Waals surface area contributed by atoms with Crippen LogP contribution >= 0.6 is 11.3 Å². The minimum atomic E-state index is -0.132. The van der Waals surface area contributed by atoms with Crippen molar-refractivity contribution in [2.45, 2.75) is 51.6 Å². The molecular weight excluding hydrogens is 310 g/mol. The quantitative estimate of drug-likeness (QED) is 0.884. The smallest absolute Gasteiger partial charge is 0.315 e. The fraction of sp³-hybridized carbons (Fsp3) is 0.562. The molecule has 6 nitrogen and oxygen atoms in total. The SMILES string of the molecule is CCc1nc2n(n1)CCC[C@@H]2NC(=O)NC[C@H](C)c1cccs1. The first-order valence-electron chi connectivity index (χ1n) is 8.18. The molecule has 0 spiro atoms. The number of nitrogens with zero attached hydrogens (tertiary/aromatic N) is 3. The van der Waals surface area contributed by atoms with Crippen LogP contribution in [0.5, 0.6) is 0 Å². The molecule has 2 aromatic heterocycles. The first-order chi connectivity index (χ1) is 11.2. The number of hydrogen-bond donors (Lipinski definition) is 2. The average Bonchev–Trinajstić information content (AvgIpc) is 3.22. The molecule has 0 unspecified atom stereocenters. The van der Waals surface area contributed by atoms with Gasteiger partial charge < -0.3 is 10.6 Å². The van der Waals surface area contributed by atoms with Gasteiger partial charge in [-0.25, -0.2) is 14.5 Å². The Hall–Kier alpha value is -1.89. The third-order valence-electron chi connectivity index (χ3n) is 4.14. The summed E-state index contributed by atoms with van der Waals surface area (Å²) in [6.07, 6.45) is 2.74. The van der Waals surface area contributed by atoms with Crippen LogP contribution in [0.2, 0.25) is 0 Å². The fourth-order valence-corrected chi connectivity index (χ4v) is 3.60. The Morgan fingerprint density at radius 2 is 2.43 bits per heavy atom. The van der Waals surface area contributed by atoms with Gasteiger partial charge in [-0.2, -0.15) is 5.10 Å². The lowest BCUT2D eigenvalue weighted by Gasteiger charge is -2.23. The van der Waals surface area contributed by atoms with Crippen molar-refractivity contribution >= 4 is 17.4 Å². The molecule has 3 rings (SSSR count). The topological polar surface area (TPSA) is 71.8 Å². The molecule has 3 heterocycles. The number of carbonyl (C=O) groups excluding carboxylic acids is 1. The van der Waals surface area contributed by atoms with Crippen molar-refractivity contribution in [3.8, 4) is 0 Å². The summed E-state index contributed by atoms with van der Waals surface area (Å²) in [6.45, 7) is 5.68. The Bertz CT molecular complexity index is 651. The monoisotopic (exact) mass is 333 g/mol. The number of aryl methyl sites for hydroxylation is 2. The zero-order valence-corrected chi connectivity index (χ0v) is 14.4. The predicted molar refractivity (Wildman–Crippen MR) is 90.6 cm³/mol. The van der Waals surface area contributed by atoms with Crippen LogP contribution in [0.1, 0.15) is 55.2 Å². The largest absolute Gasteiger partial charge is 0.338 e. The number of rotatable bonds is 5. The van der Waals surface area contributed by atoms with Crippen molar-refractivity contribution in [3.05, 3.63) is 34.0 Å². The van der Waals surface area contributed by atoms with Crippen LogP contribution in [0.4, 0.5) is 4.79 Å². The first-order valence-corrected chi connectivity index (χ1v) is 9.06. The summed E-state index contributed by atoms with van der Waals surface area (Å²) in [4.78, 5) is 18.0. The lowest BCUT2D eigenvalue weighted by Crippen LogP contribution is -2.41. The molecule has 0 saturated carbocycles. The molecular formula is C16H23N5OS. The van der Waals surface area contributed by atoms with Crippen LogP contribution in [-0.4, -0.2) is 27.3 Å². The number of fused-ring (bicyclic) bond motifs is 1. The van der Waals surface area contributed by atoms with E-state index in [1.807, 2.05) is 17.7 Å². The fourth-order valence-electron chi connectivity index (χ4n) is 2.81. The van der Waals surface area contributed by atoms with Crippen molar-refractivity contribution in [2.24, 2.45) is 0 Å². The van der Waals surface area contributed by atoms with Crippen LogP contribution < -0.4 is 10.6 Å². The molecule has 2 N–H and O–H groups in total. The number of thiophene rings is 1. The zero-order chi connectivity index (χ0) is 16.2. The summed E-state index contributed by atoms with van der Waals surface area (Å²) < 4.78 is 1.93. The summed E-state index contributed by atoms with van der Waals surface area (Å²) in [7, 11) is 0. The maximum absolute atomic E-state index is 12.2.